The standard InChI is InChI=1S/C9H17N5OS/c1-4-15-9-13-7(10-2)12-8(14-9)11-5-6-16-3/h4-6H2,1-3H3,(H2,10,11,12,13,14). The molecule has 0 aromatic carbocycles. The van der Waals surface area contributed by atoms with Crippen molar-refractivity contribution in [1.82, 2.24) is 15.0 Å². The number of aromatic nitrogens is 3. The number of anilines is 2. The molecule has 0 saturated carbocycles. The lowest BCUT2D eigenvalue weighted by Gasteiger charge is -2.07. The van der Waals surface area contributed by atoms with Crippen molar-refractivity contribution < 1.29 is 4.74 Å². The van der Waals surface area contributed by atoms with Crippen molar-refractivity contribution in [3.05, 3.63) is 0 Å². The van der Waals surface area contributed by atoms with Crippen LogP contribution in [0.2, 0.25) is 0 Å². The van der Waals surface area contributed by atoms with Gasteiger partial charge in [0.2, 0.25) is 11.9 Å². The molecule has 0 amide bonds. The van der Waals surface area contributed by atoms with Gasteiger partial charge in [-0.25, -0.2) is 0 Å². The van der Waals surface area contributed by atoms with Crippen molar-refractivity contribution in [2.45, 2.75) is 6.92 Å². The summed E-state index contributed by atoms with van der Waals surface area (Å²) in [5.74, 6) is 2.05. The van der Waals surface area contributed by atoms with E-state index in [0.29, 0.717) is 24.5 Å². The molecule has 0 unspecified atom stereocenters. The number of ether oxygens (including phenoxy) is 1. The highest BCUT2D eigenvalue weighted by molar-refractivity contribution is 7.98. The third kappa shape index (κ3) is 4.09. The Morgan fingerprint density at radius 3 is 2.62 bits per heavy atom. The highest BCUT2D eigenvalue weighted by Crippen LogP contribution is 2.10. The van der Waals surface area contributed by atoms with E-state index in [0.717, 1.165) is 12.3 Å². The Kier molecular flexibility index (Phi) is 5.69. The van der Waals surface area contributed by atoms with Gasteiger partial charge in [-0.3, -0.25) is 0 Å². The first kappa shape index (κ1) is 12.8. The van der Waals surface area contributed by atoms with Gasteiger partial charge >= 0.3 is 6.01 Å². The SMILES string of the molecule is CCOc1nc(NC)nc(NCCSC)n1. The fourth-order valence-corrected chi connectivity index (χ4v) is 1.31. The van der Waals surface area contributed by atoms with E-state index in [-0.39, 0.29) is 0 Å². The maximum Gasteiger partial charge on any atom is 0.323 e. The van der Waals surface area contributed by atoms with Gasteiger partial charge in [0.25, 0.3) is 0 Å². The van der Waals surface area contributed by atoms with Gasteiger partial charge in [0.05, 0.1) is 6.61 Å². The lowest BCUT2D eigenvalue weighted by molar-refractivity contribution is 0.312. The molecule has 1 aromatic rings. The molecule has 0 saturated heterocycles. The van der Waals surface area contributed by atoms with Crippen LogP contribution in [-0.4, -0.2) is 47.2 Å². The molecule has 1 aromatic heterocycles. The largest absolute Gasteiger partial charge is 0.464 e. The van der Waals surface area contributed by atoms with E-state index in [9.17, 15) is 0 Å². The van der Waals surface area contributed by atoms with Crippen LogP contribution in [0.1, 0.15) is 6.92 Å². The molecule has 16 heavy (non-hydrogen) atoms. The van der Waals surface area contributed by atoms with Crippen molar-refractivity contribution in [2.24, 2.45) is 0 Å². The van der Waals surface area contributed by atoms with Gasteiger partial charge in [-0.1, -0.05) is 0 Å². The first-order valence-electron chi connectivity index (χ1n) is 5.09. The highest BCUT2D eigenvalue weighted by Gasteiger charge is 2.05. The Bertz CT molecular complexity index is 323. The van der Waals surface area contributed by atoms with Crippen LogP contribution in [0.3, 0.4) is 0 Å². The van der Waals surface area contributed by atoms with Crippen molar-refractivity contribution in [3.63, 3.8) is 0 Å². The van der Waals surface area contributed by atoms with E-state index in [1.54, 1.807) is 18.8 Å². The molecule has 2 N–H and O–H groups in total. The predicted molar refractivity (Wildman–Crippen MR) is 67.4 cm³/mol. The zero-order valence-electron chi connectivity index (χ0n) is 9.78. The molecule has 0 aliphatic heterocycles. The van der Waals surface area contributed by atoms with Gasteiger partial charge in [-0.15, -0.1) is 0 Å². The summed E-state index contributed by atoms with van der Waals surface area (Å²) in [4.78, 5) is 12.4. The van der Waals surface area contributed by atoms with Crippen LogP contribution in [0.4, 0.5) is 11.9 Å². The molecule has 0 atom stereocenters. The van der Waals surface area contributed by atoms with Gasteiger partial charge in [0.15, 0.2) is 0 Å². The monoisotopic (exact) mass is 243 g/mol. The van der Waals surface area contributed by atoms with Crippen LogP contribution < -0.4 is 15.4 Å². The maximum absolute atomic E-state index is 5.25. The summed E-state index contributed by atoms with van der Waals surface area (Å²) in [6.45, 7) is 3.25. The van der Waals surface area contributed by atoms with Gasteiger partial charge in [-0.2, -0.15) is 26.7 Å². The van der Waals surface area contributed by atoms with Crippen LogP contribution in [0.5, 0.6) is 6.01 Å². The third-order valence-electron chi connectivity index (χ3n) is 1.70. The van der Waals surface area contributed by atoms with E-state index >= 15 is 0 Å². The van der Waals surface area contributed by atoms with Gasteiger partial charge in [0, 0.05) is 19.3 Å². The van der Waals surface area contributed by atoms with Crippen molar-refractivity contribution >= 4 is 23.7 Å². The second-order valence-corrected chi connectivity index (χ2v) is 3.85. The molecule has 1 heterocycles. The molecule has 0 spiro atoms. The lowest BCUT2D eigenvalue weighted by Crippen LogP contribution is -2.11. The zero-order chi connectivity index (χ0) is 11.8. The average Bonchev–Trinajstić information content (AvgIpc) is 2.29. The van der Waals surface area contributed by atoms with E-state index < -0.39 is 0 Å². The number of rotatable bonds is 7. The first-order chi connectivity index (χ1) is 7.80. The van der Waals surface area contributed by atoms with Crippen LogP contribution >= 0.6 is 11.8 Å². The summed E-state index contributed by atoms with van der Waals surface area (Å²) >= 11 is 1.76. The predicted octanol–water partition coefficient (Wildman–Crippen LogP) is 1.09. The van der Waals surface area contributed by atoms with Crippen LogP contribution in [-0.2, 0) is 0 Å². The number of thioether (sulfide) groups is 1. The molecule has 0 aliphatic carbocycles. The minimum Gasteiger partial charge on any atom is -0.464 e. The second kappa shape index (κ2) is 7.10. The fraction of sp³-hybridized carbons (Fsp3) is 0.667. The minimum absolute atomic E-state index is 0.341. The zero-order valence-corrected chi connectivity index (χ0v) is 10.6. The molecule has 1 rings (SSSR count). The number of nitrogens with one attached hydrogen (secondary N) is 2. The van der Waals surface area contributed by atoms with Crippen LogP contribution in [0, 0.1) is 0 Å². The summed E-state index contributed by atoms with van der Waals surface area (Å²) < 4.78 is 5.25. The van der Waals surface area contributed by atoms with E-state index in [4.69, 9.17) is 4.74 Å². The molecule has 7 heteroatoms. The van der Waals surface area contributed by atoms with Crippen LogP contribution in [0.15, 0.2) is 0 Å². The molecule has 0 fully saturated rings. The highest BCUT2D eigenvalue weighted by atomic mass is 32.2. The quantitative estimate of drug-likeness (QED) is 0.694. The molecule has 0 radical (unpaired) electrons. The molecular weight excluding hydrogens is 226 g/mol. The van der Waals surface area contributed by atoms with Gasteiger partial charge < -0.3 is 15.4 Å². The maximum atomic E-state index is 5.25. The third-order valence-corrected chi connectivity index (χ3v) is 2.31. The Morgan fingerprint density at radius 1 is 1.25 bits per heavy atom. The summed E-state index contributed by atoms with van der Waals surface area (Å²) in [6, 6.07) is 0.341. The van der Waals surface area contributed by atoms with Crippen LogP contribution in [0.25, 0.3) is 0 Å². The summed E-state index contributed by atoms with van der Waals surface area (Å²) in [6.07, 6.45) is 2.06. The van der Waals surface area contributed by atoms with E-state index in [1.165, 1.54) is 0 Å². The number of hydrogen-bond acceptors (Lipinski definition) is 7. The Balaban J connectivity index is 2.69. The molecule has 0 bridgehead atoms. The molecular formula is C9H17N5OS. The van der Waals surface area contributed by atoms with Crippen molar-refractivity contribution in [1.29, 1.82) is 0 Å². The summed E-state index contributed by atoms with van der Waals surface area (Å²) in [7, 11) is 1.76. The van der Waals surface area contributed by atoms with Gasteiger partial charge in [-0.05, 0) is 13.2 Å². The Labute approximate surface area is 99.6 Å². The van der Waals surface area contributed by atoms with Crippen molar-refractivity contribution in [3.8, 4) is 6.01 Å². The molecule has 0 aliphatic rings. The summed E-state index contributed by atoms with van der Waals surface area (Å²) in [5.41, 5.74) is 0. The molecule has 6 nitrogen and oxygen atoms in total. The van der Waals surface area contributed by atoms with Gasteiger partial charge in [0.1, 0.15) is 0 Å². The number of nitrogens with zero attached hydrogens (tertiary/aromatic N) is 3. The first-order valence-corrected chi connectivity index (χ1v) is 6.49. The fourth-order valence-electron chi connectivity index (χ4n) is 1.01. The lowest BCUT2D eigenvalue weighted by atomic mass is 10.7. The Hall–Kier alpha value is -1.24. The number of hydrogen-bond donors (Lipinski definition) is 2. The Morgan fingerprint density at radius 2 is 2.00 bits per heavy atom. The van der Waals surface area contributed by atoms with Crippen molar-refractivity contribution in [2.75, 3.05) is 42.8 Å². The smallest absolute Gasteiger partial charge is 0.323 e. The average molecular weight is 243 g/mol. The summed E-state index contributed by atoms with van der Waals surface area (Å²) in [5, 5.41) is 5.99. The minimum atomic E-state index is 0.341. The van der Waals surface area contributed by atoms with E-state index in [2.05, 4.69) is 31.8 Å². The van der Waals surface area contributed by atoms with E-state index in [1.807, 2.05) is 6.92 Å². The molecule has 90 valence electrons. The topological polar surface area (TPSA) is 72.0 Å². The second-order valence-electron chi connectivity index (χ2n) is 2.87. The normalized spacial score (nSPS) is 9.94.